The molecule has 90 valence electrons. The summed E-state index contributed by atoms with van der Waals surface area (Å²) in [5.74, 6) is 0. The van der Waals surface area contributed by atoms with Crippen LogP contribution in [0.2, 0.25) is 18.1 Å². The normalized spacial score (nSPS) is 13.9. The van der Waals surface area contributed by atoms with Crippen LogP contribution in [0.5, 0.6) is 0 Å². The van der Waals surface area contributed by atoms with E-state index in [0.29, 0.717) is 6.10 Å². The summed E-state index contributed by atoms with van der Waals surface area (Å²) < 4.78 is 6.34. The lowest BCUT2D eigenvalue weighted by Gasteiger charge is -2.31. The van der Waals surface area contributed by atoms with Crippen LogP contribution in [0.25, 0.3) is 0 Å². The maximum atomic E-state index is 6.34. The monoisotopic (exact) mass is 228 g/mol. The Kier molecular flexibility index (Phi) is 8.07. The molecule has 0 aliphatic heterocycles. The molecule has 0 fully saturated rings. The summed E-state index contributed by atoms with van der Waals surface area (Å²) in [6.07, 6.45) is 5.95. The smallest absolute Gasteiger partial charge is 0.192 e. The SMILES string of the molecule is C=CCCC[C@@H](C)O[Si](CC)(CC)CC. The highest BCUT2D eigenvalue weighted by Gasteiger charge is 2.30. The summed E-state index contributed by atoms with van der Waals surface area (Å²) in [7, 11) is -1.37. The van der Waals surface area contributed by atoms with Crippen LogP contribution in [0.1, 0.15) is 47.0 Å². The molecule has 0 radical (unpaired) electrons. The van der Waals surface area contributed by atoms with E-state index < -0.39 is 8.32 Å². The van der Waals surface area contributed by atoms with Gasteiger partial charge in [-0.2, -0.15) is 0 Å². The van der Waals surface area contributed by atoms with Crippen molar-refractivity contribution in [2.24, 2.45) is 0 Å². The van der Waals surface area contributed by atoms with Gasteiger partial charge in [0.2, 0.25) is 0 Å². The van der Waals surface area contributed by atoms with E-state index in [9.17, 15) is 0 Å². The van der Waals surface area contributed by atoms with Gasteiger partial charge >= 0.3 is 0 Å². The first kappa shape index (κ1) is 14.9. The molecule has 0 unspecified atom stereocenters. The summed E-state index contributed by atoms with van der Waals surface area (Å²) in [5.41, 5.74) is 0. The minimum atomic E-state index is -1.37. The van der Waals surface area contributed by atoms with Crippen LogP contribution >= 0.6 is 0 Å². The van der Waals surface area contributed by atoms with Crippen LogP contribution in [0.4, 0.5) is 0 Å². The first-order chi connectivity index (χ1) is 7.14. The molecule has 0 heterocycles. The predicted octanol–water partition coefficient (Wildman–Crippen LogP) is 4.75. The van der Waals surface area contributed by atoms with Gasteiger partial charge in [-0.3, -0.25) is 0 Å². The largest absolute Gasteiger partial charge is 0.414 e. The third kappa shape index (κ3) is 5.52. The second-order valence-corrected chi connectivity index (χ2v) is 9.11. The first-order valence-corrected chi connectivity index (χ1v) is 8.95. The Morgan fingerprint density at radius 2 is 1.73 bits per heavy atom. The highest BCUT2D eigenvalue weighted by Crippen LogP contribution is 2.24. The molecule has 1 atom stereocenters. The van der Waals surface area contributed by atoms with Crippen LogP contribution in [0.15, 0.2) is 12.7 Å². The molecule has 2 heteroatoms. The summed E-state index contributed by atoms with van der Waals surface area (Å²) in [6, 6.07) is 3.77. The lowest BCUT2D eigenvalue weighted by molar-refractivity contribution is 0.193. The molecule has 1 nitrogen and oxygen atoms in total. The third-order valence-corrected chi connectivity index (χ3v) is 8.17. The van der Waals surface area contributed by atoms with Gasteiger partial charge in [-0.15, -0.1) is 6.58 Å². The van der Waals surface area contributed by atoms with Crippen molar-refractivity contribution in [2.45, 2.75) is 71.2 Å². The van der Waals surface area contributed by atoms with Crippen LogP contribution in [-0.4, -0.2) is 14.4 Å². The van der Waals surface area contributed by atoms with Gasteiger partial charge in [0.25, 0.3) is 0 Å². The van der Waals surface area contributed by atoms with E-state index in [1.165, 1.54) is 31.0 Å². The third-order valence-electron chi connectivity index (χ3n) is 3.40. The molecule has 0 aliphatic rings. The Morgan fingerprint density at radius 1 is 1.20 bits per heavy atom. The molecule has 15 heavy (non-hydrogen) atoms. The minimum absolute atomic E-state index is 0.441. The quantitative estimate of drug-likeness (QED) is 0.314. The highest BCUT2D eigenvalue weighted by atomic mass is 28.4. The van der Waals surface area contributed by atoms with Crippen molar-refractivity contribution in [3.8, 4) is 0 Å². The second-order valence-electron chi connectivity index (χ2n) is 4.39. The zero-order valence-corrected chi connectivity index (χ0v) is 12.0. The van der Waals surface area contributed by atoms with Crippen LogP contribution in [0, 0.1) is 0 Å². The van der Waals surface area contributed by atoms with Crippen molar-refractivity contribution in [1.29, 1.82) is 0 Å². The van der Waals surface area contributed by atoms with Crippen molar-refractivity contribution in [3.63, 3.8) is 0 Å². The average Bonchev–Trinajstić information content (AvgIpc) is 2.26. The zero-order chi connectivity index (χ0) is 11.7. The van der Waals surface area contributed by atoms with Gasteiger partial charge in [0.15, 0.2) is 8.32 Å². The Labute approximate surface area is 97.0 Å². The van der Waals surface area contributed by atoms with E-state index in [1.807, 2.05) is 6.08 Å². The molecular weight excluding hydrogens is 200 g/mol. The first-order valence-electron chi connectivity index (χ1n) is 6.42. The Bertz CT molecular complexity index is 156. The highest BCUT2D eigenvalue weighted by molar-refractivity contribution is 6.73. The van der Waals surface area contributed by atoms with Crippen molar-refractivity contribution < 1.29 is 4.43 Å². The van der Waals surface area contributed by atoms with Gasteiger partial charge in [-0.25, -0.2) is 0 Å². The Morgan fingerprint density at radius 3 is 2.13 bits per heavy atom. The number of allylic oxidation sites excluding steroid dienone is 1. The molecule has 0 aromatic carbocycles. The lowest BCUT2D eigenvalue weighted by atomic mass is 10.2. The van der Waals surface area contributed by atoms with Gasteiger partial charge in [0.1, 0.15) is 0 Å². The fourth-order valence-corrected chi connectivity index (χ4v) is 5.01. The van der Waals surface area contributed by atoms with Gasteiger partial charge in [-0.05, 0) is 44.3 Å². The number of hydrogen-bond acceptors (Lipinski definition) is 1. The number of rotatable bonds is 9. The summed E-state index contributed by atoms with van der Waals surface area (Å²) in [4.78, 5) is 0. The van der Waals surface area contributed by atoms with Crippen LogP contribution < -0.4 is 0 Å². The molecule has 0 aromatic heterocycles. The molecule has 0 aliphatic carbocycles. The minimum Gasteiger partial charge on any atom is -0.414 e. The molecule has 0 spiro atoms. The average molecular weight is 228 g/mol. The molecule has 0 rings (SSSR count). The van der Waals surface area contributed by atoms with Crippen LogP contribution in [0.3, 0.4) is 0 Å². The van der Waals surface area contributed by atoms with Crippen molar-refractivity contribution in [1.82, 2.24) is 0 Å². The molecule has 0 aromatic rings. The van der Waals surface area contributed by atoms with Gasteiger partial charge < -0.3 is 4.43 Å². The summed E-state index contributed by atoms with van der Waals surface area (Å²) in [5, 5.41) is 0. The van der Waals surface area contributed by atoms with Crippen molar-refractivity contribution in [3.05, 3.63) is 12.7 Å². The summed E-state index contributed by atoms with van der Waals surface area (Å²) in [6.45, 7) is 12.8. The summed E-state index contributed by atoms with van der Waals surface area (Å²) >= 11 is 0. The second kappa shape index (κ2) is 8.11. The van der Waals surface area contributed by atoms with Gasteiger partial charge in [0, 0.05) is 6.10 Å². The van der Waals surface area contributed by atoms with E-state index in [2.05, 4.69) is 34.3 Å². The fourth-order valence-electron chi connectivity index (χ4n) is 2.04. The maximum absolute atomic E-state index is 6.34. The number of hydrogen-bond donors (Lipinski definition) is 0. The van der Waals surface area contributed by atoms with Crippen molar-refractivity contribution in [2.75, 3.05) is 0 Å². The molecule has 0 saturated heterocycles. The van der Waals surface area contributed by atoms with E-state index in [4.69, 9.17) is 4.43 Å². The van der Waals surface area contributed by atoms with Gasteiger partial charge in [0.05, 0.1) is 0 Å². The van der Waals surface area contributed by atoms with E-state index in [-0.39, 0.29) is 0 Å². The standard InChI is InChI=1S/C13H28OSi/c1-6-10-11-12-13(5)14-15(7-2,8-3)9-4/h6,13H,1,7-12H2,2-5H3/t13-/m1/s1. The molecular formula is C13H28OSi. The predicted molar refractivity (Wildman–Crippen MR) is 71.8 cm³/mol. The molecule has 0 amide bonds. The number of unbranched alkanes of at least 4 members (excludes halogenated alkanes) is 1. The van der Waals surface area contributed by atoms with E-state index >= 15 is 0 Å². The molecule has 0 bridgehead atoms. The maximum Gasteiger partial charge on any atom is 0.192 e. The fraction of sp³-hybridized carbons (Fsp3) is 0.846. The Balaban J connectivity index is 3.99. The van der Waals surface area contributed by atoms with Crippen molar-refractivity contribution >= 4 is 8.32 Å². The lowest BCUT2D eigenvalue weighted by Crippen LogP contribution is -2.39. The zero-order valence-electron chi connectivity index (χ0n) is 11.0. The van der Waals surface area contributed by atoms with Crippen LogP contribution in [-0.2, 0) is 4.43 Å². The molecule has 0 N–H and O–H groups in total. The Hall–Kier alpha value is -0.0831. The van der Waals surface area contributed by atoms with E-state index in [0.717, 1.165) is 6.42 Å². The van der Waals surface area contributed by atoms with E-state index in [1.54, 1.807) is 0 Å². The topological polar surface area (TPSA) is 9.23 Å². The van der Waals surface area contributed by atoms with Gasteiger partial charge in [-0.1, -0.05) is 26.8 Å². The molecule has 0 saturated carbocycles.